The number of nitrogens with one attached hydrogen (secondary N) is 2. The number of methoxy groups -OCH3 is 1. The summed E-state index contributed by atoms with van der Waals surface area (Å²) in [5.41, 5.74) is 0.817. The van der Waals surface area contributed by atoms with Crippen molar-refractivity contribution < 1.29 is 14.3 Å². The molecule has 0 unspecified atom stereocenters. The van der Waals surface area contributed by atoms with Gasteiger partial charge in [-0.3, -0.25) is 4.79 Å². The van der Waals surface area contributed by atoms with Gasteiger partial charge in [0, 0.05) is 12.2 Å². The molecular weight excluding hydrogens is 404 g/mol. The number of anilines is 1. The third-order valence-electron chi connectivity index (χ3n) is 4.31. The summed E-state index contributed by atoms with van der Waals surface area (Å²) in [6.07, 6.45) is 9.96. The van der Waals surface area contributed by atoms with E-state index in [4.69, 9.17) is 0 Å². The zero-order valence-electron chi connectivity index (χ0n) is 17.6. The van der Waals surface area contributed by atoms with Crippen LogP contribution in [0.2, 0.25) is 0 Å². The second-order valence-electron chi connectivity index (χ2n) is 6.82. The predicted octanol–water partition coefficient (Wildman–Crippen LogP) is 5.57. The Kier molecular flexibility index (Phi) is 16.5. The Labute approximate surface area is 184 Å². The third-order valence-corrected chi connectivity index (χ3v) is 6.48. The van der Waals surface area contributed by atoms with Crippen LogP contribution in [0.1, 0.15) is 51.4 Å². The highest BCUT2D eigenvalue weighted by Crippen LogP contribution is 2.13. The first kappa shape index (κ1) is 25.7. The van der Waals surface area contributed by atoms with E-state index in [1.165, 1.54) is 57.8 Å². The van der Waals surface area contributed by atoms with Crippen LogP contribution < -0.4 is 10.6 Å². The van der Waals surface area contributed by atoms with Gasteiger partial charge in [0.25, 0.3) is 0 Å². The number of ether oxygens (including phenoxy) is 1. The number of benzene rings is 1. The SMILES string of the molecule is COC(=O)CSCCCCCCCCCSCCCNC(=O)Nc1ccccc1. The number of esters is 1. The zero-order valence-corrected chi connectivity index (χ0v) is 19.3. The lowest BCUT2D eigenvalue weighted by Crippen LogP contribution is -2.29. The summed E-state index contributed by atoms with van der Waals surface area (Å²) in [5.74, 6) is 3.70. The van der Waals surface area contributed by atoms with Crippen molar-refractivity contribution in [3.05, 3.63) is 30.3 Å². The molecule has 0 aromatic heterocycles. The fraction of sp³-hybridized carbons (Fsp3) is 0.636. The highest BCUT2D eigenvalue weighted by atomic mass is 32.2. The second-order valence-corrected chi connectivity index (χ2v) is 9.15. The lowest BCUT2D eigenvalue weighted by molar-refractivity contribution is -0.137. The quantitative estimate of drug-likeness (QED) is 0.245. The number of carbonyl (C=O) groups excluding carboxylic acids is 2. The number of unbranched alkanes of at least 4 members (excludes halogenated alkanes) is 6. The van der Waals surface area contributed by atoms with Gasteiger partial charge in [0.15, 0.2) is 0 Å². The third kappa shape index (κ3) is 16.2. The standard InChI is InChI=1S/C22H36N2O3S2/c1-27-21(25)19-29-17-11-6-4-2-3-5-10-16-28-18-12-15-23-22(26)24-20-13-8-7-9-14-20/h7-9,13-14H,2-6,10-12,15-19H2,1H3,(H2,23,24,26). The van der Waals surface area contributed by atoms with Gasteiger partial charge in [-0.05, 0) is 48.7 Å². The molecule has 2 N–H and O–H groups in total. The highest BCUT2D eigenvalue weighted by Gasteiger charge is 2.01. The molecule has 1 rings (SSSR count). The molecule has 0 spiro atoms. The first-order valence-corrected chi connectivity index (χ1v) is 12.9. The topological polar surface area (TPSA) is 67.4 Å². The monoisotopic (exact) mass is 440 g/mol. The van der Waals surface area contributed by atoms with Crippen molar-refractivity contribution in [1.29, 1.82) is 0 Å². The number of hydrogen-bond donors (Lipinski definition) is 2. The van der Waals surface area contributed by atoms with E-state index in [1.807, 2.05) is 42.1 Å². The minimum absolute atomic E-state index is 0.127. The van der Waals surface area contributed by atoms with Crippen LogP contribution >= 0.6 is 23.5 Å². The lowest BCUT2D eigenvalue weighted by atomic mass is 10.1. The fourth-order valence-electron chi connectivity index (χ4n) is 2.68. The maximum absolute atomic E-state index is 11.7. The summed E-state index contributed by atoms with van der Waals surface area (Å²) < 4.78 is 4.62. The number of para-hydroxylation sites is 1. The second kappa shape index (κ2) is 18.7. The van der Waals surface area contributed by atoms with Gasteiger partial charge in [0.2, 0.25) is 0 Å². The summed E-state index contributed by atoms with van der Waals surface area (Å²) in [4.78, 5) is 22.7. The summed E-state index contributed by atoms with van der Waals surface area (Å²) in [6, 6.07) is 9.35. The van der Waals surface area contributed by atoms with Crippen molar-refractivity contribution in [3.8, 4) is 0 Å². The van der Waals surface area contributed by atoms with E-state index >= 15 is 0 Å². The molecule has 0 aliphatic heterocycles. The normalized spacial score (nSPS) is 10.5. The predicted molar refractivity (Wildman–Crippen MR) is 127 cm³/mol. The van der Waals surface area contributed by atoms with E-state index in [-0.39, 0.29) is 12.0 Å². The van der Waals surface area contributed by atoms with Gasteiger partial charge in [0.1, 0.15) is 0 Å². The van der Waals surface area contributed by atoms with Gasteiger partial charge < -0.3 is 15.4 Å². The molecule has 1 aromatic rings. The smallest absolute Gasteiger partial charge is 0.319 e. The molecule has 0 saturated carbocycles. The van der Waals surface area contributed by atoms with Gasteiger partial charge >= 0.3 is 12.0 Å². The van der Waals surface area contributed by atoms with Crippen LogP contribution in [-0.4, -0.2) is 48.7 Å². The molecule has 0 radical (unpaired) electrons. The molecule has 0 aliphatic rings. The lowest BCUT2D eigenvalue weighted by Gasteiger charge is -2.07. The molecule has 0 atom stereocenters. The van der Waals surface area contributed by atoms with E-state index in [1.54, 1.807) is 11.8 Å². The molecule has 2 amide bonds. The molecule has 0 fully saturated rings. The van der Waals surface area contributed by atoms with E-state index in [0.717, 1.165) is 23.6 Å². The van der Waals surface area contributed by atoms with E-state index < -0.39 is 0 Å². The maximum Gasteiger partial charge on any atom is 0.319 e. The average molecular weight is 441 g/mol. The number of amides is 2. The summed E-state index contributed by atoms with van der Waals surface area (Å²) in [6.45, 7) is 0.712. The van der Waals surface area contributed by atoms with Gasteiger partial charge in [-0.1, -0.05) is 50.3 Å². The van der Waals surface area contributed by atoms with Crippen LogP contribution in [0.4, 0.5) is 10.5 Å². The van der Waals surface area contributed by atoms with E-state index in [0.29, 0.717) is 12.3 Å². The Morgan fingerprint density at radius 1 is 0.828 bits per heavy atom. The van der Waals surface area contributed by atoms with Gasteiger partial charge in [0.05, 0.1) is 12.9 Å². The van der Waals surface area contributed by atoms with Crippen molar-refractivity contribution >= 4 is 41.2 Å². The highest BCUT2D eigenvalue weighted by molar-refractivity contribution is 7.99. The average Bonchev–Trinajstić information content (AvgIpc) is 2.73. The maximum atomic E-state index is 11.7. The minimum Gasteiger partial charge on any atom is -0.468 e. The van der Waals surface area contributed by atoms with Crippen molar-refractivity contribution in [1.82, 2.24) is 5.32 Å². The fourth-order valence-corrected chi connectivity index (χ4v) is 4.48. The van der Waals surface area contributed by atoms with Gasteiger partial charge in [-0.25, -0.2) is 4.79 Å². The Hall–Kier alpha value is -1.34. The Morgan fingerprint density at radius 3 is 2.07 bits per heavy atom. The first-order chi connectivity index (χ1) is 14.2. The van der Waals surface area contributed by atoms with E-state index in [9.17, 15) is 9.59 Å². The number of rotatable bonds is 17. The molecule has 0 aliphatic carbocycles. The molecule has 5 nitrogen and oxygen atoms in total. The summed E-state index contributed by atoms with van der Waals surface area (Å²) in [5, 5.41) is 5.72. The Balaban J connectivity index is 1.76. The number of hydrogen-bond acceptors (Lipinski definition) is 5. The van der Waals surface area contributed by atoms with Gasteiger partial charge in [-0.2, -0.15) is 23.5 Å². The van der Waals surface area contributed by atoms with Crippen molar-refractivity contribution in [2.45, 2.75) is 51.4 Å². The molecule has 0 heterocycles. The number of thioether (sulfide) groups is 2. The Morgan fingerprint density at radius 2 is 1.41 bits per heavy atom. The van der Waals surface area contributed by atoms with E-state index in [2.05, 4.69) is 15.4 Å². The van der Waals surface area contributed by atoms with Crippen LogP contribution in [0.5, 0.6) is 0 Å². The van der Waals surface area contributed by atoms with Crippen LogP contribution in [0.15, 0.2) is 30.3 Å². The van der Waals surface area contributed by atoms with Crippen molar-refractivity contribution in [3.63, 3.8) is 0 Å². The van der Waals surface area contributed by atoms with Gasteiger partial charge in [-0.15, -0.1) is 0 Å². The number of urea groups is 1. The molecule has 0 bridgehead atoms. The zero-order chi connectivity index (χ0) is 21.0. The molecule has 1 aromatic carbocycles. The number of carbonyl (C=O) groups is 2. The van der Waals surface area contributed by atoms with Crippen LogP contribution in [0, 0.1) is 0 Å². The molecular formula is C22H36N2O3S2. The molecule has 7 heteroatoms. The minimum atomic E-state index is -0.136. The molecule has 164 valence electrons. The molecule has 0 saturated heterocycles. The van der Waals surface area contributed by atoms with Crippen LogP contribution in [0.3, 0.4) is 0 Å². The van der Waals surface area contributed by atoms with Crippen LogP contribution in [0.25, 0.3) is 0 Å². The molecule has 29 heavy (non-hydrogen) atoms. The summed E-state index contributed by atoms with van der Waals surface area (Å²) >= 11 is 3.64. The summed E-state index contributed by atoms with van der Waals surface area (Å²) in [7, 11) is 1.44. The largest absolute Gasteiger partial charge is 0.468 e. The van der Waals surface area contributed by atoms with Crippen molar-refractivity contribution in [2.75, 3.05) is 42.0 Å². The van der Waals surface area contributed by atoms with Crippen molar-refractivity contribution in [2.24, 2.45) is 0 Å². The first-order valence-electron chi connectivity index (χ1n) is 10.5. The Bertz CT molecular complexity index is 544. The van der Waals surface area contributed by atoms with Crippen LogP contribution in [-0.2, 0) is 9.53 Å².